The highest BCUT2D eigenvalue weighted by Crippen LogP contribution is 2.17. The van der Waals surface area contributed by atoms with Crippen molar-refractivity contribution in [1.29, 1.82) is 5.41 Å². The van der Waals surface area contributed by atoms with Gasteiger partial charge in [-0.25, -0.2) is 9.97 Å². The van der Waals surface area contributed by atoms with Crippen LogP contribution in [-0.4, -0.2) is 44.2 Å². The zero-order valence-electron chi connectivity index (χ0n) is 14.9. The average molecular weight is 445 g/mol. The molecule has 0 spiro atoms. The Morgan fingerprint density at radius 2 is 2.00 bits per heavy atom. The summed E-state index contributed by atoms with van der Waals surface area (Å²) in [5.41, 5.74) is 3.29. The summed E-state index contributed by atoms with van der Waals surface area (Å²) in [5, 5.41) is 14.5. The van der Waals surface area contributed by atoms with E-state index >= 15 is 0 Å². The van der Waals surface area contributed by atoms with Crippen LogP contribution in [0.3, 0.4) is 0 Å². The second-order valence-corrected chi connectivity index (χ2v) is 6.87. The maximum atomic E-state index is 7.87. The van der Waals surface area contributed by atoms with E-state index in [2.05, 4.69) is 37.5 Å². The van der Waals surface area contributed by atoms with Crippen molar-refractivity contribution in [3.8, 4) is 0 Å². The van der Waals surface area contributed by atoms with E-state index in [0.29, 0.717) is 11.2 Å². The quantitative estimate of drug-likeness (QED) is 0.232. The van der Waals surface area contributed by atoms with Gasteiger partial charge in [0, 0.05) is 36.0 Å². The zero-order valence-corrected chi connectivity index (χ0v) is 18.1. The van der Waals surface area contributed by atoms with Gasteiger partial charge in [-0.05, 0) is 19.8 Å². The maximum absolute atomic E-state index is 7.87. The second kappa shape index (κ2) is 15.0. The van der Waals surface area contributed by atoms with Gasteiger partial charge in [-0.1, -0.05) is 6.92 Å². The molecule has 5 N–H and O–H groups in total. The van der Waals surface area contributed by atoms with Crippen molar-refractivity contribution in [3.63, 3.8) is 0 Å². The van der Waals surface area contributed by atoms with E-state index in [1.807, 2.05) is 24.9 Å². The van der Waals surface area contributed by atoms with Crippen molar-refractivity contribution < 1.29 is 0 Å². The molecule has 0 aliphatic carbocycles. The summed E-state index contributed by atoms with van der Waals surface area (Å²) >= 11 is 1.84. The molecule has 2 aromatic heterocycles. The minimum Gasteiger partial charge on any atom is -0.357 e. The van der Waals surface area contributed by atoms with Gasteiger partial charge in [-0.15, -0.1) is 37.2 Å². The summed E-state index contributed by atoms with van der Waals surface area (Å²) in [7, 11) is 0. The number of thioether (sulfide) groups is 1. The summed E-state index contributed by atoms with van der Waals surface area (Å²) in [4.78, 5) is 14.5. The van der Waals surface area contributed by atoms with E-state index < -0.39 is 0 Å². The first-order valence-corrected chi connectivity index (χ1v) is 8.84. The Bertz CT molecular complexity index is 592. The highest BCUT2D eigenvalue weighted by Gasteiger charge is 2.07. The molecule has 0 amide bonds. The minimum atomic E-state index is 0. The summed E-state index contributed by atoms with van der Waals surface area (Å²) < 4.78 is 0. The van der Waals surface area contributed by atoms with Crippen LogP contribution < -0.4 is 10.6 Å². The van der Waals surface area contributed by atoms with Crippen LogP contribution in [0.4, 0.5) is 0 Å². The number of aromatic nitrogens is 4. The fourth-order valence-corrected chi connectivity index (χ4v) is 2.97. The van der Waals surface area contributed by atoms with Crippen molar-refractivity contribution in [3.05, 3.63) is 35.9 Å². The van der Waals surface area contributed by atoms with Crippen molar-refractivity contribution in [2.75, 3.05) is 13.1 Å². The number of rotatable bonds is 9. The lowest BCUT2D eigenvalue weighted by molar-refractivity contribution is 0.728. The Labute approximate surface area is 177 Å². The average Bonchev–Trinajstić information content (AvgIpc) is 3.19. The fourth-order valence-electron chi connectivity index (χ4n) is 2.03. The van der Waals surface area contributed by atoms with Crippen molar-refractivity contribution in [1.82, 2.24) is 30.6 Å². The predicted molar refractivity (Wildman–Crippen MR) is 116 cm³/mol. The smallest absolute Gasteiger partial charge is 0.188 e. The number of imidazole rings is 2. The monoisotopic (exact) mass is 443 g/mol. The lowest BCUT2D eigenvalue weighted by atomic mass is 10.2. The number of nitrogens with zero attached hydrogens (tertiary/aromatic N) is 2. The fraction of sp³-hybridized carbons (Fsp3) is 0.533. The van der Waals surface area contributed by atoms with Gasteiger partial charge < -0.3 is 20.6 Å². The van der Waals surface area contributed by atoms with E-state index in [0.717, 1.165) is 48.8 Å². The molecule has 0 saturated heterocycles. The highest BCUT2D eigenvalue weighted by molar-refractivity contribution is 7.99. The minimum absolute atomic E-state index is 0. The van der Waals surface area contributed by atoms with Crippen LogP contribution in [0.1, 0.15) is 30.4 Å². The number of H-pyrrole nitrogens is 2. The van der Waals surface area contributed by atoms with Crippen molar-refractivity contribution >= 4 is 54.9 Å². The molecule has 2 aromatic rings. The molecule has 0 aliphatic rings. The molecule has 0 radical (unpaired) electrons. The molecule has 2 heterocycles. The van der Waals surface area contributed by atoms with E-state index in [-0.39, 0.29) is 37.2 Å². The van der Waals surface area contributed by atoms with Gasteiger partial charge in [-0.3, -0.25) is 5.41 Å². The Morgan fingerprint density at radius 3 is 2.62 bits per heavy atom. The van der Waals surface area contributed by atoms with Crippen LogP contribution in [0.25, 0.3) is 0 Å². The first-order chi connectivity index (χ1) is 11.1. The van der Waals surface area contributed by atoms with Crippen LogP contribution in [0, 0.1) is 12.3 Å². The summed E-state index contributed by atoms with van der Waals surface area (Å²) in [5.74, 6) is 1.28. The zero-order chi connectivity index (χ0) is 16.5. The van der Waals surface area contributed by atoms with Crippen LogP contribution in [0.5, 0.6) is 0 Å². The Morgan fingerprint density at radius 1 is 1.23 bits per heavy atom. The van der Waals surface area contributed by atoms with Crippen molar-refractivity contribution in [2.45, 2.75) is 37.7 Å². The van der Waals surface area contributed by atoms with E-state index in [4.69, 9.17) is 5.41 Å². The Balaban J connectivity index is 0. The molecule has 2 rings (SSSR count). The molecule has 0 bridgehead atoms. The second-order valence-electron chi connectivity index (χ2n) is 5.44. The Kier molecular flexibility index (Phi) is 15.7. The predicted octanol–water partition coefficient (Wildman–Crippen LogP) is 3.08. The van der Waals surface area contributed by atoms with Gasteiger partial charge in [0.2, 0.25) is 0 Å². The van der Waals surface area contributed by atoms with Crippen molar-refractivity contribution in [2.24, 2.45) is 0 Å². The van der Waals surface area contributed by atoms with Crippen LogP contribution in [-0.2, 0) is 12.2 Å². The third-order valence-electron chi connectivity index (χ3n) is 3.47. The van der Waals surface area contributed by atoms with Crippen LogP contribution >= 0.6 is 49.0 Å². The van der Waals surface area contributed by atoms with Crippen LogP contribution in [0.15, 0.2) is 18.9 Å². The normalized spacial score (nSPS) is 10.7. The number of hydrogen-bond acceptors (Lipinski definition) is 4. The van der Waals surface area contributed by atoms with Gasteiger partial charge in [0.15, 0.2) is 5.96 Å². The van der Waals surface area contributed by atoms with Gasteiger partial charge in [0.05, 0.1) is 24.0 Å². The van der Waals surface area contributed by atoms with E-state index in [1.54, 1.807) is 12.7 Å². The lowest BCUT2D eigenvalue weighted by Gasteiger charge is -2.14. The van der Waals surface area contributed by atoms with E-state index in [1.165, 1.54) is 0 Å². The van der Waals surface area contributed by atoms with E-state index in [9.17, 15) is 0 Å². The topological polar surface area (TPSA) is 105 Å². The molecule has 7 nitrogen and oxygen atoms in total. The molecule has 0 aliphatic heterocycles. The molecule has 0 unspecified atom stereocenters. The maximum Gasteiger partial charge on any atom is 0.188 e. The number of guanidine groups is 1. The molecule has 26 heavy (non-hydrogen) atoms. The van der Waals surface area contributed by atoms with Gasteiger partial charge >= 0.3 is 0 Å². The molecule has 0 saturated carbocycles. The summed E-state index contributed by atoms with van der Waals surface area (Å²) in [6.07, 6.45) is 7.20. The SMILES string of the molecule is Cc1[nH]cnc1CS[C@@H](C)CNC(=N)NCCCc1c[nH]cn1.Cl.Cl.Cl. The molecule has 150 valence electrons. The third-order valence-corrected chi connectivity index (χ3v) is 4.65. The molecular formula is C15H28Cl3N7S. The lowest BCUT2D eigenvalue weighted by Crippen LogP contribution is -2.39. The van der Waals surface area contributed by atoms with Gasteiger partial charge in [-0.2, -0.15) is 11.8 Å². The summed E-state index contributed by atoms with van der Waals surface area (Å²) in [6.45, 7) is 5.73. The van der Waals surface area contributed by atoms with Gasteiger partial charge in [0.25, 0.3) is 0 Å². The largest absolute Gasteiger partial charge is 0.357 e. The van der Waals surface area contributed by atoms with Crippen LogP contribution in [0.2, 0.25) is 0 Å². The third kappa shape index (κ3) is 10.2. The van der Waals surface area contributed by atoms with Gasteiger partial charge in [0.1, 0.15) is 0 Å². The molecule has 0 fully saturated rings. The Hall–Kier alpha value is -1.09. The number of nitrogens with one attached hydrogen (secondary N) is 5. The number of halogens is 3. The molecule has 1 atom stereocenters. The summed E-state index contributed by atoms with van der Waals surface area (Å²) in [6, 6.07) is 0. The molecular weight excluding hydrogens is 417 g/mol. The first-order valence-electron chi connectivity index (χ1n) is 7.79. The first kappa shape index (κ1) is 27.1. The standard InChI is InChI=1S/C15H25N7S.3ClH/c1-11(23-8-14-12(2)20-10-22-14)6-19-15(16)18-5-3-4-13-7-17-9-21-13;;;/h7,9-11H,3-6,8H2,1-2H3,(H,17,21)(H,20,22)(H3,16,18,19);3*1H/t11-;;;/m0.../s1. The number of aromatic amines is 2. The molecule has 11 heteroatoms. The highest BCUT2D eigenvalue weighted by atomic mass is 35.5. The number of aryl methyl sites for hydroxylation is 2. The number of hydrogen-bond donors (Lipinski definition) is 5. The molecule has 0 aromatic carbocycles.